The second-order valence-corrected chi connectivity index (χ2v) is 5.82. The summed E-state index contributed by atoms with van der Waals surface area (Å²) in [6.07, 6.45) is 5.15. The van der Waals surface area contributed by atoms with Gasteiger partial charge in [0, 0.05) is 29.7 Å². The van der Waals surface area contributed by atoms with Gasteiger partial charge in [-0.1, -0.05) is 30.5 Å². The number of fused-ring (bicyclic) bond motifs is 1. The minimum Gasteiger partial charge on any atom is -0.388 e. The van der Waals surface area contributed by atoms with Crippen molar-refractivity contribution >= 4 is 28.2 Å². The van der Waals surface area contributed by atoms with Gasteiger partial charge in [0.05, 0.1) is 10.5 Å². The Bertz CT molecular complexity index is 616. The standard InChI is InChI=1S/C16H19ClN2/c1-10-7-8-12(17)16-15(10)14(18-2)9-13(19-16)11-5-3-4-6-11/h7-9,11H,3-6H2,1-2H3,(H,18,19). The van der Waals surface area contributed by atoms with Crippen molar-refractivity contribution in [1.29, 1.82) is 0 Å². The highest BCUT2D eigenvalue weighted by Crippen LogP contribution is 2.38. The molecule has 3 rings (SSSR count). The molecular weight excluding hydrogens is 256 g/mol. The van der Waals surface area contributed by atoms with Crippen LogP contribution in [-0.2, 0) is 0 Å². The predicted octanol–water partition coefficient (Wildman–Crippen LogP) is 4.90. The smallest absolute Gasteiger partial charge is 0.0914 e. The summed E-state index contributed by atoms with van der Waals surface area (Å²) in [6, 6.07) is 6.22. The van der Waals surface area contributed by atoms with Crippen LogP contribution in [0.3, 0.4) is 0 Å². The molecule has 0 bridgehead atoms. The summed E-state index contributed by atoms with van der Waals surface area (Å²) in [5.74, 6) is 0.605. The summed E-state index contributed by atoms with van der Waals surface area (Å²) >= 11 is 6.35. The zero-order valence-electron chi connectivity index (χ0n) is 11.5. The number of halogens is 1. The van der Waals surface area contributed by atoms with Crippen molar-refractivity contribution in [1.82, 2.24) is 4.98 Å². The topological polar surface area (TPSA) is 24.9 Å². The van der Waals surface area contributed by atoms with Gasteiger partial charge in [-0.3, -0.25) is 4.98 Å². The maximum atomic E-state index is 6.35. The van der Waals surface area contributed by atoms with E-state index in [1.807, 2.05) is 13.1 Å². The van der Waals surface area contributed by atoms with Gasteiger partial charge in [0.2, 0.25) is 0 Å². The number of nitrogens with zero attached hydrogens (tertiary/aromatic N) is 1. The Morgan fingerprint density at radius 2 is 2.00 bits per heavy atom. The highest BCUT2D eigenvalue weighted by atomic mass is 35.5. The normalized spacial score (nSPS) is 16.2. The molecule has 0 saturated heterocycles. The van der Waals surface area contributed by atoms with E-state index in [0.717, 1.165) is 21.6 Å². The molecule has 1 aromatic carbocycles. The third-order valence-corrected chi connectivity index (χ3v) is 4.49. The maximum absolute atomic E-state index is 6.35. The number of pyridine rings is 1. The van der Waals surface area contributed by atoms with Crippen LogP contribution in [0.4, 0.5) is 5.69 Å². The average Bonchev–Trinajstić information content (AvgIpc) is 2.96. The maximum Gasteiger partial charge on any atom is 0.0914 e. The van der Waals surface area contributed by atoms with Gasteiger partial charge >= 0.3 is 0 Å². The zero-order valence-corrected chi connectivity index (χ0v) is 12.2. The molecule has 0 radical (unpaired) electrons. The molecule has 2 nitrogen and oxygen atoms in total. The van der Waals surface area contributed by atoms with E-state index in [4.69, 9.17) is 16.6 Å². The van der Waals surface area contributed by atoms with Crippen molar-refractivity contribution in [2.45, 2.75) is 38.5 Å². The third kappa shape index (κ3) is 2.18. The molecular formula is C16H19ClN2. The molecule has 2 aromatic rings. The molecule has 1 aliphatic carbocycles. The summed E-state index contributed by atoms with van der Waals surface area (Å²) in [4.78, 5) is 4.85. The Labute approximate surface area is 119 Å². The first-order chi connectivity index (χ1) is 9.20. The number of hydrogen-bond acceptors (Lipinski definition) is 2. The number of nitrogens with one attached hydrogen (secondary N) is 1. The molecule has 0 spiro atoms. The Kier molecular flexibility index (Phi) is 3.36. The van der Waals surface area contributed by atoms with Crippen LogP contribution < -0.4 is 5.32 Å². The molecule has 1 fully saturated rings. The Hall–Kier alpha value is -1.28. The van der Waals surface area contributed by atoms with Crippen LogP contribution in [0.2, 0.25) is 5.02 Å². The van der Waals surface area contributed by atoms with Gasteiger partial charge in [0.25, 0.3) is 0 Å². The number of aromatic nitrogens is 1. The van der Waals surface area contributed by atoms with Crippen molar-refractivity contribution in [3.05, 3.63) is 34.5 Å². The fraction of sp³-hybridized carbons (Fsp3) is 0.438. The lowest BCUT2D eigenvalue weighted by Crippen LogP contribution is -2.01. The lowest BCUT2D eigenvalue weighted by Gasteiger charge is -2.15. The quantitative estimate of drug-likeness (QED) is 0.843. The van der Waals surface area contributed by atoms with Crippen LogP contribution in [0.25, 0.3) is 10.9 Å². The first kappa shape index (κ1) is 12.7. The fourth-order valence-corrected chi connectivity index (χ4v) is 3.32. The molecule has 3 heteroatoms. The van der Waals surface area contributed by atoms with Crippen LogP contribution >= 0.6 is 11.6 Å². The van der Waals surface area contributed by atoms with Gasteiger partial charge in [-0.2, -0.15) is 0 Å². The molecule has 0 aliphatic heterocycles. The number of rotatable bonds is 2. The van der Waals surface area contributed by atoms with E-state index in [1.165, 1.54) is 36.9 Å². The number of aryl methyl sites for hydroxylation is 1. The summed E-state index contributed by atoms with van der Waals surface area (Å²) < 4.78 is 0. The summed E-state index contributed by atoms with van der Waals surface area (Å²) in [6.45, 7) is 2.11. The minimum atomic E-state index is 0.605. The van der Waals surface area contributed by atoms with Crippen LogP contribution in [0.15, 0.2) is 18.2 Å². The Morgan fingerprint density at radius 3 is 2.68 bits per heavy atom. The van der Waals surface area contributed by atoms with Gasteiger partial charge < -0.3 is 5.32 Å². The van der Waals surface area contributed by atoms with Crippen LogP contribution in [-0.4, -0.2) is 12.0 Å². The van der Waals surface area contributed by atoms with E-state index >= 15 is 0 Å². The molecule has 0 atom stereocenters. The molecule has 100 valence electrons. The van der Waals surface area contributed by atoms with Gasteiger partial charge in [-0.15, -0.1) is 0 Å². The van der Waals surface area contributed by atoms with Crippen LogP contribution in [0, 0.1) is 6.92 Å². The zero-order chi connectivity index (χ0) is 13.4. The first-order valence-corrected chi connectivity index (χ1v) is 7.36. The van der Waals surface area contributed by atoms with Crippen molar-refractivity contribution in [2.75, 3.05) is 12.4 Å². The monoisotopic (exact) mass is 274 g/mol. The van der Waals surface area contributed by atoms with Crippen LogP contribution in [0.5, 0.6) is 0 Å². The van der Waals surface area contributed by atoms with E-state index < -0.39 is 0 Å². The Balaban J connectivity index is 2.24. The second-order valence-electron chi connectivity index (χ2n) is 5.41. The molecule has 1 saturated carbocycles. The van der Waals surface area contributed by atoms with E-state index in [9.17, 15) is 0 Å². The highest BCUT2D eigenvalue weighted by Gasteiger charge is 2.20. The van der Waals surface area contributed by atoms with E-state index in [2.05, 4.69) is 24.4 Å². The molecule has 1 aromatic heterocycles. The first-order valence-electron chi connectivity index (χ1n) is 6.98. The lowest BCUT2D eigenvalue weighted by molar-refractivity contribution is 0.701. The van der Waals surface area contributed by atoms with Gasteiger partial charge in [0.1, 0.15) is 0 Å². The number of anilines is 1. The largest absolute Gasteiger partial charge is 0.388 e. The average molecular weight is 275 g/mol. The van der Waals surface area contributed by atoms with Crippen molar-refractivity contribution in [2.24, 2.45) is 0 Å². The van der Waals surface area contributed by atoms with Crippen molar-refractivity contribution in [3.8, 4) is 0 Å². The molecule has 0 amide bonds. The summed E-state index contributed by atoms with van der Waals surface area (Å²) in [5.41, 5.74) is 4.50. The molecule has 1 heterocycles. The lowest BCUT2D eigenvalue weighted by atomic mass is 10.00. The van der Waals surface area contributed by atoms with E-state index in [0.29, 0.717) is 5.92 Å². The van der Waals surface area contributed by atoms with Crippen LogP contribution in [0.1, 0.15) is 42.9 Å². The van der Waals surface area contributed by atoms with Gasteiger partial charge in [0.15, 0.2) is 0 Å². The highest BCUT2D eigenvalue weighted by molar-refractivity contribution is 6.35. The summed E-state index contributed by atoms with van der Waals surface area (Å²) in [7, 11) is 1.97. The third-order valence-electron chi connectivity index (χ3n) is 4.18. The molecule has 19 heavy (non-hydrogen) atoms. The van der Waals surface area contributed by atoms with E-state index in [-0.39, 0.29) is 0 Å². The predicted molar refractivity (Wildman–Crippen MR) is 82.2 cm³/mol. The van der Waals surface area contributed by atoms with Crippen molar-refractivity contribution < 1.29 is 0 Å². The van der Waals surface area contributed by atoms with E-state index in [1.54, 1.807) is 0 Å². The Morgan fingerprint density at radius 1 is 1.26 bits per heavy atom. The SMILES string of the molecule is CNc1cc(C2CCCC2)nc2c(Cl)ccc(C)c12. The molecule has 0 unspecified atom stereocenters. The number of hydrogen-bond donors (Lipinski definition) is 1. The fourth-order valence-electron chi connectivity index (χ4n) is 3.13. The second kappa shape index (κ2) is 5.01. The number of benzene rings is 1. The van der Waals surface area contributed by atoms with Gasteiger partial charge in [-0.05, 0) is 37.5 Å². The van der Waals surface area contributed by atoms with Crippen molar-refractivity contribution in [3.63, 3.8) is 0 Å². The summed E-state index contributed by atoms with van der Waals surface area (Å²) in [5, 5.41) is 5.20. The molecule has 1 aliphatic rings. The minimum absolute atomic E-state index is 0.605. The van der Waals surface area contributed by atoms with Gasteiger partial charge in [-0.25, -0.2) is 0 Å². The molecule has 1 N–H and O–H groups in total.